The number of benzene rings is 2. The van der Waals surface area contributed by atoms with Gasteiger partial charge in [-0.15, -0.1) is 0 Å². The summed E-state index contributed by atoms with van der Waals surface area (Å²) in [5, 5.41) is 6.25. The zero-order valence-electron chi connectivity index (χ0n) is 16.6. The highest BCUT2D eigenvalue weighted by atomic mass is 32.1. The Bertz CT molecular complexity index is 1030. The van der Waals surface area contributed by atoms with Crippen LogP contribution in [0.4, 0.5) is 10.8 Å². The molecule has 7 nitrogen and oxygen atoms in total. The fourth-order valence-corrected chi connectivity index (χ4v) is 3.78. The van der Waals surface area contributed by atoms with Crippen molar-refractivity contribution in [3.8, 4) is 11.5 Å². The number of amides is 2. The second-order valence-electron chi connectivity index (χ2n) is 6.41. The number of hydrogen-bond donors (Lipinski definition) is 2. The van der Waals surface area contributed by atoms with Crippen LogP contribution in [0, 0.1) is 0 Å². The van der Waals surface area contributed by atoms with Gasteiger partial charge in [0.1, 0.15) is 11.5 Å². The molecule has 0 spiro atoms. The lowest BCUT2D eigenvalue weighted by atomic mass is 10.1. The van der Waals surface area contributed by atoms with E-state index in [-0.39, 0.29) is 18.2 Å². The SMILES string of the molecule is CCCC(=O)Nc1nc2ccc(CC(=O)Nc3cc(OC)ccc3OC)cc2s1. The molecule has 0 atom stereocenters. The molecule has 0 aliphatic carbocycles. The lowest BCUT2D eigenvalue weighted by Crippen LogP contribution is -2.15. The molecule has 3 rings (SSSR count). The lowest BCUT2D eigenvalue weighted by Gasteiger charge is -2.11. The van der Waals surface area contributed by atoms with Crippen LogP contribution in [0.5, 0.6) is 11.5 Å². The van der Waals surface area contributed by atoms with Crippen molar-refractivity contribution < 1.29 is 19.1 Å². The van der Waals surface area contributed by atoms with Crippen LogP contribution in [0.25, 0.3) is 10.2 Å². The number of carbonyl (C=O) groups is 2. The van der Waals surface area contributed by atoms with Crippen LogP contribution < -0.4 is 20.1 Å². The van der Waals surface area contributed by atoms with Crippen molar-refractivity contribution in [2.75, 3.05) is 24.9 Å². The van der Waals surface area contributed by atoms with Crippen LogP contribution >= 0.6 is 11.3 Å². The maximum atomic E-state index is 12.5. The Balaban J connectivity index is 1.71. The Morgan fingerprint density at radius 1 is 1.03 bits per heavy atom. The number of methoxy groups -OCH3 is 2. The van der Waals surface area contributed by atoms with Crippen molar-refractivity contribution >= 4 is 44.2 Å². The van der Waals surface area contributed by atoms with E-state index in [0.717, 1.165) is 22.2 Å². The van der Waals surface area contributed by atoms with E-state index in [1.54, 1.807) is 32.4 Å². The molecule has 1 aromatic heterocycles. The Labute approximate surface area is 173 Å². The number of carbonyl (C=O) groups excluding carboxylic acids is 2. The van der Waals surface area contributed by atoms with E-state index in [2.05, 4.69) is 15.6 Å². The van der Waals surface area contributed by atoms with Crippen LogP contribution in [0.3, 0.4) is 0 Å². The van der Waals surface area contributed by atoms with Crippen LogP contribution in [0.2, 0.25) is 0 Å². The van der Waals surface area contributed by atoms with Crippen molar-refractivity contribution in [2.45, 2.75) is 26.2 Å². The summed E-state index contributed by atoms with van der Waals surface area (Å²) in [5.74, 6) is 0.977. The van der Waals surface area contributed by atoms with Crippen LogP contribution in [-0.2, 0) is 16.0 Å². The fraction of sp³-hybridized carbons (Fsp3) is 0.286. The quantitative estimate of drug-likeness (QED) is 0.577. The maximum absolute atomic E-state index is 12.5. The number of hydrogen-bond acceptors (Lipinski definition) is 6. The molecule has 3 aromatic rings. The summed E-state index contributed by atoms with van der Waals surface area (Å²) in [6.45, 7) is 1.95. The molecule has 0 aliphatic heterocycles. The van der Waals surface area contributed by atoms with Gasteiger partial charge in [-0.3, -0.25) is 9.59 Å². The van der Waals surface area contributed by atoms with Gasteiger partial charge in [0.15, 0.2) is 5.13 Å². The normalized spacial score (nSPS) is 10.6. The molecule has 0 aliphatic rings. The summed E-state index contributed by atoms with van der Waals surface area (Å²) in [7, 11) is 3.11. The molecule has 0 radical (unpaired) electrons. The third-order valence-corrected chi connectivity index (χ3v) is 5.16. The molecule has 0 bridgehead atoms. The molecule has 2 aromatic carbocycles. The van der Waals surface area contributed by atoms with E-state index in [1.165, 1.54) is 11.3 Å². The average molecular weight is 413 g/mol. The molecule has 8 heteroatoms. The number of anilines is 2. The molecule has 0 unspecified atom stereocenters. The minimum atomic E-state index is -0.170. The van der Waals surface area contributed by atoms with Gasteiger partial charge in [0.05, 0.1) is 36.5 Å². The number of rotatable bonds is 8. The fourth-order valence-electron chi connectivity index (χ4n) is 2.83. The van der Waals surface area contributed by atoms with Crippen molar-refractivity contribution in [3.05, 3.63) is 42.0 Å². The summed E-state index contributed by atoms with van der Waals surface area (Å²) >= 11 is 1.40. The van der Waals surface area contributed by atoms with E-state index in [0.29, 0.717) is 28.7 Å². The van der Waals surface area contributed by atoms with Gasteiger partial charge in [0.2, 0.25) is 11.8 Å². The molecule has 0 saturated carbocycles. The van der Waals surface area contributed by atoms with Crippen molar-refractivity contribution in [1.82, 2.24) is 4.98 Å². The lowest BCUT2D eigenvalue weighted by molar-refractivity contribution is -0.116. The van der Waals surface area contributed by atoms with Gasteiger partial charge in [0, 0.05) is 12.5 Å². The van der Waals surface area contributed by atoms with Gasteiger partial charge in [-0.2, -0.15) is 0 Å². The Kier molecular flexibility index (Phi) is 6.66. The Morgan fingerprint density at radius 3 is 2.59 bits per heavy atom. The predicted molar refractivity (Wildman–Crippen MR) is 115 cm³/mol. The van der Waals surface area contributed by atoms with Gasteiger partial charge >= 0.3 is 0 Å². The smallest absolute Gasteiger partial charge is 0.228 e. The molecule has 2 amide bonds. The zero-order valence-corrected chi connectivity index (χ0v) is 17.4. The van der Waals surface area contributed by atoms with Gasteiger partial charge in [-0.05, 0) is 36.2 Å². The highest BCUT2D eigenvalue weighted by Gasteiger charge is 2.12. The first-order chi connectivity index (χ1) is 14.0. The van der Waals surface area contributed by atoms with E-state index in [1.807, 2.05) is 25.1 Å². The minimum absolute atomic E-state index is 0.0432. The molecule has 1 heterocycles. The summed E-state index contributed by atoms with van der Waals surface area (Å²) in [5.41, 5.74) is 2.20. The Morgan fingerprint density at radius 2 is 1.86 bits per heavy atom. The zero-order chi connectivity index (χ0) is 20.8. The second kappa shape index (κ2) is 9.38. The van der Waals surface area contributed by atoms with Gasteiger partial charge in [0.25, 0.3) is 0 Å². The molecule has 0 saturated heterocycles. The predicted octanol–water partition coefficient (Wildman–Crippen LogP) is 4.23. The molecule has 29 heavy (non-hydrogen) atoms. The highest BCUT2D eigenvalue weighted by molar-refractivity contribution is 7.22. The molecule has 2 N–H and O–H groups in total. The average Bonchev–Trinajstić information content (AvgIpc) is 3.09. The van der Waals surface area contributed by atoms with Gasteiger partial charge in [-0.1, -0.05) is 24.3 Å². The largest absolute Gasteiger partial charge is 0.497 e. The molecular weight excluding hydrogens is 390 g/mol. The van der Waals surface area contributed by atoms with Gasteiger partial charge in [-0.25, -0.2) is 4.98 Å². The van der Waals surface area contributed by atoms with Crippen LogP contribution in [-0.4, -0.2) is 31.0 Å². The molecule has 152 valence electrons. The summed E-state index contributed by atoms with van der Waals surface area (Å²) in [6.07, 6.45) is 1.45. The number of thiazole rings is 1. The van der Waals surface area contributed by atoms with E-state index in [9.17, 15) is 9.59 Å². The number of nitrogens with zero attached hydrogens (tertiary/aromatic N) is 1. The van der Waals surface area contributed by atoms with E-state index in [4.69, 9.17) is 9.47 Å². The first-order valence-electron chi connectivity index (χ1n) is 9.23. The number of aromatic nitrogens is 1. The number of nitrogens with one attached hydrogen (secondary N) is 2. The van der Waals surface area contributed by atoms with Crippen molar-refractivity contribution in [1.29, 1.82) is 0 Å². The van der Waals surface area contributed by atoms with Crippen molar-refractivity contribution in [2.24, 2.45) is 0 Å². The maximum Gasteiger partial charge on any atom is 0.228 e. The summed E-state index contributed by atoms with van der Waals surface area (Å²) < 4.78 is 11.4. The molecular formula is C21H23N3O4S. The highest BCUT2D eigenvalue weighted by Crippen LogP contribution is 2.30. The van der Waals surface area contributed by atoms with Crippen LogP contribution in [0.15, 0.2) is 36.4 Å². The molecule has 0 fully saturated rings. The minimum Gasteiger partial charge on any atom is -0.497 e. The summed E-state index contributed by atoms with van der Waals surface area (Å²) in [4.78, 5) is 28.7. The van der Waals surface area contributed by atoms with E-state index >= 15 is 0 Å². The second-order valence-corrected chi connectivity index (χ2v) is 7.44. The first kappa shape index (κ1) is 20.6. The number of ether oxygens (including phenoxy) is 2. The topological polar surface area (TPSA) is 89.6 Å². The standard InChI is InChI=1S/C21H23N3O4S/c1-4-5-19(25)24-21-23-15-8-6-13(10-18(15)29-21)11-20(26)22-16-12-14(27-2)7-9-17(16)28-3/h6-10,12H,4-5,11H2,1-3H3,(H,22,26)(H,23,24,25). The van der Waals surface area contributed by atoms with E-state index < -0.39 is 0 Å². The van der Waals surface area contributed by atoms with Gasteiger partial charge < -0.3 is 20.1 Å². The van der Waals surface area contributed by atoms with Crippen molar-refractivity contribution in [3.63, 3.8) is 0 Å². The summed E-state index contributed by atoms with van der Waals surface area (Å²) in [6, 6.07) is 10.9. The van der Waals surface area contributed by atoms with Crippen LogP contribution in [0.1, 0.15) is 25.3 Å². The first-order valence-corrected chi connectivity index (χ1v) is 10.0. The number of fused-ring (bicyclic) bond motifs is 1. The third-order valence-electron chi connectivity index (χ3n) is 4.22. The monoisotopic (exact) mass is 413 g/mol. The Hall–Kier alpha value is -3.13. The third kappa shape index (κ3) is 5.23.